The minimum absolute atomic E-state index is 0.169. The molecule has 0 fully saturated rings. The standard InChI is InChI=1S/C34H25ClN2O4/c35-25-15-13-24(14-16-25)32(38)36(26-17-19-28(20-18-26)41-27-9-2-1-3-10-27)21-6-22-37-33(39)29-11-4-7-23-8-5-12-30(31(23)29)34(37)40/h1-5,7-20H,6,21-22H2. The Labute approximate surface area is 242 Å². The largest absolute Gasteiger partial charge is 0.457 e. The topological polar surface area (TPSA) is 66.9 Å². The number of carbonyl (C=O) groups excluding carboxylic acids is 3. The minimum Gasteiger partial charge on any atom is -0.457 e. The number of hydrogen-bond donors (Lipinski definition) is 0. The highest BCUT2D eigenvalue weighted by Gasteiger charge is 2.32. The van der Waals surface area contributed by atoms with Gasteiger partial charge < -0.3 is 9.64 Å². The zero-order valence-electron chi connectivity index (χ0n) is 22.0. The van der Waals surface area contributed by atoms with Gasteiger partial charge in [0.2, 0.25) is 0 Å². The SMILES string of the molecule is O=C1c2cccc3cccc(c23)C(=O)N1CCCN(C(=O)c1ccc(Cl)cc1)c1ccc(Oc2ccccc2)cc1. The van der Waals surface area contributed by atoms with Crippen LogP contribution in [0.1, 0.15) is 37.5 Å². The van der Waals surface area contributed by atoms with Crippen LogP contribution in [0.4, 0.5) is 5.69 Å². The number of amides is 3. The molecule has 0 aliphatic carbocycles. The van der Waals surface area contributed by atoms with Gasteiger partial charge in [0, 0.05) is 45.9 Å². The van der Waals surface area contributed by atoms with Gasteiger partial charge >= 0.3 is 0 Å². The molecule has 7 heteroatoms. The van der Waals surface area contributed by atoms with Crippen LogP contribution in [0.5, 0.6) is 11.5 Å². The lowest BCUT2D eigenvalue weighted by Crippen LogP contribution is -2.42. The van der Waals surface area contributed by atoms with Crippen molar-refractivity contribution in [2.24, 2.45) is 0 Å². The van der Waals surface area contributed by atoms with Crippen molar-refractivity contribution >= 4 is 45.8 Å². The second-order valence-electron chi connectivity index (χ2n) is 9.70. The molecule has 0 bridgehead atoms. The van der Waals surface area contributed by atoms with Gasteiger partial charge in [-0.3, -0.25) is 19.3 Å². The molecular formula is C34H25ClN2O4. The van der Waals surface area contributed by atoms with Crippen molar-refractivity contribution in [3.63, 3.8) is 0 Å². The number of rotatable bonds is 8. The van der Waals surface area contributed by atoms with Crippen molar-refractivity contribution < 1.29 is 19.1 Å². The summed E-state index contributed by atoms with van der Waals surface area (Å²) in [5, 5.41) is 2.09. The summed E-state index contributed by atoms with van der Waals surface area (Å²) in [7, 11) is 0. The Morgan fingerprint density at radius 1 is 0.707 bits per heavy atom. The maximum Gasteiger partial charge on any atom is 0.261 e. The van der Waals surface area contributed by atoms with Gasteiger partial charge in [-0.1, -0.05) is 54.1 Å². The van der Waals surface area contributed by atoms with Gasteiger partial charge in [-0.2, -0.15) is 0 Å². The molecule has 5 aromatic carbocycles. The molecule has 0 unspecified atom stereocenters. The van der Waals surface area contributed by atoms with Crippen LogP contribution in [0, 0.1) is 0 Å². The molecule has 0 saturated heterocycles. The van der Waals surface area contributed by atoms with Crippen molar-refractivity contribution in [2.45, 2.75) is 6.42 Å². The molecule has 0 N–H and O–H groups in total. The van der Waals surface area contributed by atoms with Gasteiger partial charge in [0.15, 0.2) is 0 Å². The number of halogens is 1. The molecule has 1 heterocycles. The molecule has 0 spiro atoms. The lowest BCUT2D eigenvalue weighted by atomic mass is 9.94. The van der Waals surface area contributed by atoms with E-state index in [1.807, 2.05) is 66.7 Å². The van der Waals surface area contributed by atoms with E-state index in [4.69, 9.17) is 16.3 Å². The van der Waals surface area contributed by atoms with Crippen LogP contribution in [0.15, 0.2) is 115 Å². The van der Waals surface area contributed by atoms with Gasteiger partial charge in [-0.15, -0.1) is 0 Å². The fraction of sp³-hybridized carbons (Fsp3) is 0.0882. The Balaban J connectivity index is 1.22. The summed E-state index contributed by atoms with van der Waals surface area (Å²) in [6, 6.07) is 34.4. The highest BCUT2D eigenvalue weighted by atomic mass is 35.5. The lowest BCUT2D eigenvalue weighted by molar-refractivity contribution is 0.0610. The van der Waals surface area contributed by atoms with Crippen molar-refractivity contribution in [2.75, 3.05) is 18.0 Å². The fourth-order valence-electron chi connectivity index (χ4n) is 5.09. The number of anilines is 1. The van der Waals surface area contributed by atoms with E-state index >= 15 is 0 Å². The lowest BCUT2D eigenvalue weighted by Gasteiger charge is -2.29. The van der Waals surface area contributed by atoms with Gasteiger partial charge in [0.05, 0.1) is 0 Å². The molecule has 5 aromatic rings. The number of imide groups is 1. The zero-order valence-corrected chi connectivity index (χ0v) is 22.8. The summed E-state index contributed by atoms with van der Waals surface area (Å²) < 4.78 is 5.91. The molecular weight excluding hydrogens is 536 g/mol. The maximum absolute atomic E-state index is 13.6. The van der Waals surface area contributed by atoms with Crippen LogP contribution in [0.25, 0.3) is 10.8 Å². The van der Waals surface area contributed by atoms with Crippen LogP contribution in [0.2, 0.25) is 5.02 Å². The third-order valence-electron chi connectivity index (χ3n) is 7.08. The average molecular weight is 561 g/mol. The molecule has 202 valence electrons. The molecule has 1 aliphatic heterocycles. The smallest absolute Gasteiger partial charge is 0.261 e. The number of hydrogen-bond acceptors (Lipinski definition) is 4. The molecule has 0 saturated carbocycles. The normalized spacial score (nSPS) is 12.5. The number of nitrogens with zero attached hydrogens (tertiary/aromatic N) is 2. The first kappa shape index (κ1) is 26.3. The third-order valence-corrected chi connectivity index (χ3v) is 7.33. The van der Waals surface area contributed by atoms with E-state index < -0.39 is 0 Å². The van der Waals surface area contributed by atoms with Gasteiger partial charge in [-0.05, 0) is 84.6 Å². The van der Waals surface area contributed by atoms with Crippen molar-refractivity contribution in [1.82, 2.24) is 4.90 Å². The Morgan fingerprint density at radius 2 is 1.32 bits per heavy atom. The summed E-state index contributed by atoms with van der Waals surface area (Å²) in [6.07, 6.45) is 0.386. The number of carbonyl (C=O) groups is 3. The number of ether oxygens (including phenoxy) is 1. The van der Waals surface area contributed by atoms with Crippen LogP contribution >= 0.6 is 11.6 Å². The predicted octanol–water partition coefficient (Wildman–Crippen LogP) is 7.62. The average Bonchev–Trinajstić information content (AvgIpc) is 3.00. The molecule has 6 rings (SSSR count). The summed E-state index contributed by atoms with van der Waals surface area (Å²) in [4.78, 5) is 43.2. The van der Waals surface area contributed by atoms with Gasteiger partial charge in [-0.25, -0.2) is 0 Å². The first-order valence-electron chi connectivity index (χ1n) is 13.3. The summed E-state index contributed by atoms with van der Waals surface area (Å²) >= 11 is 6.05. The van der Waals surface area contributed by atoms with E-state index in [1.165, 1.54) is 4.90 Å². The summed E-state index contributed by atoms with van der Waals surface area (Å²) in [5.41, 5.74) is 2.17. The highest BCUT2D eigenvalue weighted by molar-refractivity contribution is 6.30. The first-order chi connectivity index (χ1) is 20.0. The molecule has 6 nitrogen and oxygen atoms in total. The second-order valence-corrected chi connectivity index (χ2v) is 10.1. The van der Waals surface area contributed by atoms with Gasteiger partial charge in [0.25, 0.3) is 17.7 Å². The Morgan fingerprint density at radius 3 is 1.95 bits per heavy atom. The second kappa shape index (κ2) is 11.3. The van der Waals surface area contributed by atoms with E-state index in [0.717, 1.165) is 5.39 Å². The van der Waals surface area contributed by atoms with Crippen LogP contribution < -0.4 is 9.64 Å². The third kappa shape index (κ3) is 5.30. The molecule has 41 heavy (non-hydrogen) atoms. The number of benzene rings is 5. The van der Waals surface area contributed by atoms with Crippen LogP contribution in [0.3, 0.4) is 0 Å². The summed E-state index contributed by atoms with van der Waals surface area (Å²) in [6.45, 7) is 0.450. The Hall–Kier alpha value is -4.94. The Bertz CT molecular complexity index is 1700. The van der Waals surface area contributed by atoms with Gasteiger partial charge in [0.1, 0.15) is 11.5 Å². The minimum atomic E-state index is -0.322. The molecule has 1 aliphatic rings. The van der Waals surface area contributed by atoms with Crippen molar-refractivity contribution in [3.8, 4) is 11.5 Å². The highest BCUT2D eigenvalue weighted by Crippen LogP contribution is 2.30. The fourth-order valence-corrected chi connectivity index (χ4v) is 5.21. The van der Waals surface area contributed by atoms with Crippen molar-refractivity contribution in [1.29, 1.82) is 0 Å². The molecule has 0 radical (unpaired) electrons. The van der Waals surface area contributed by atoms with Crippen LogP contribution in [-0.4, -0.2) is 35.7 Å². The zero-order chi connectivity index (χ0) is 28.3. The predicted molar refractivity (Wildman–Crippen MR) is 160 cm³/mol. The van der Waals surface area contributed by atoms with E-state index in [0.29, 0.717) is 50.7 Å². The first-order valence-corrected chi connectivity index (χ1v) is 13.7. The molecule has 0 aromatic heterocycles. The quantitative estimate of drug-likeness (QED) is 0.183. The monoisotopic (exact) mass is 560 g/mol. The van der Waals surface area contributed by atoms with E-state index in [9.17, 15) is 14.4 Å². The number of para-hydroxylation sites is 1. The summed E-state index contributed by atoms with van der Waals surface area (Å²) in [5.74, 6) is 0.484. The molecule has 0 atom stereocenters. The van der Waals surface area contributed by atoms with E-state index in [-0.39, 0.29) is 30.8 Å². The Kier molecular flexibility index (Phi) is 7.23. The van der Waals surface area contributed by atoms with Crippen molar-refractivity contribution in [3.05, 3.63) is 137 Å². The maximum atomic E-state index is 13.6. The van der Waals surface area contributed by atoms with Crippen LogP contribution in [-0.2, 0) is 0 Å². The van der Waals surface area contributed by atoms with E-state index in [1.54, 1.807) is 53.4 Å². The van der Waals surface area contributed by atoms with E-state index in [2.05, 4.69) is 0 Å². The molecule has 3 amide bonds.